The van der Waals surface area contributed by atoms with E-state index < -0.39 is 35.4 Å². The minimum absolute atomic E-state index is 0.135. The van der Waals surface area contributed by atoms with Gasteiger partial charge in [-0.05, 0) is 62.7 Å². The van der Waals surface area contributed by atoms with E-state index in [0.29, 0.717) is 25.7 Å². The van der Waals surface area contributed by atoms with Crippen LogP contribution in [0.15, 0.2) is 11.6 Å². The molecule has 3 fully saturated rings. The number of esters is 3. The van der Waals surface area contributed by atoms with Crippen molar-refractivity contribution < 1.29 is 31.3 Å². The van der Waals surface area contributed by atoms with Gasteiger partial charge in [0.05, 0.1) is 2.74 Å². The Morgan fingerprint density at radius 2 is 1.77 bits per heavy atom. The summed E-state index contributed by atoms with van der Waals surface area (Å²) in [6, 6.07) is 0. The van der Waals surface area contributed by atoms with Crippen molar-refractivity contribution in [3.8, 4) is 0 Å². The highest BCUT2D eigenvalue weighted by Gasteiger charge is 2.61. The monoisotopic (exact) mass is 434 g/mol. The predicted octanol–water partition coefficient (Wildman–Crippen LogP) is 4.36. The topological polar surface area (TPSA) is 78.9 Å². The fraction of sp³-hybridized carbons (Fsp3) is 0.800. The Kier molecular flexibility index (Phi) is 5.27. The van der Waals surface area contributed by atoms with Crippen molar-refractivity contribution in [3.63, 3.8) is 0 Å². The third kappa shape index (κ3) is 3.91. The number of hydrogen-bond donors (Lipinski definition) is 0. The molecule has 0 aromatic carbocycles. The number of rotatable bonds is 4. The van der Waals surface area contributed by atoms with Crippen molar-refractivity contribution in [1.82, 2.24) is 0 Å². The van der Waals surface area contributed by atoms with Crippen LogP contribution in [0.2, 0.25) is 0 Å². The number of carbonyl (C=O) groups excluding carboxylic acids is 3. The smallest absolute Gasteiger partial charge is 0.302 e. The molecule has 8 atom stereocenters. The first-order valence-electron chi connectivity index (χ1n) is 12.7. The van der Waals surface area contributed by atoms with E-state index >= 15 is 0 Å². The molecule has 0 radical (unpaired) electrons. The van der Waals surface area contributed by atoms with E-state index in [0.717, 1.165) is 31.3 Å². The SMILES string of the molecule is [2H][C@@H](OC(C)=O)[C@]12CC[C@H](OC(C)=O)CC1=CC[C@@H]1[C@@H]2CC[C@@]2(C)[C@H]1CC[C@]2([2H])OC(C)=O. The summed E-state index contributed by atoms with van der Waals surface area (Å²) < 4.78 is 34.6. The number of hydrogen-bond acceptors (Lipinski definition) is 6. The molecule has 4 rings (SSSR count). The fourth-order valence-corrected chi connectivity index (χ4v) is 7.19. The lowest BCUT2D eigenvalue weighted by molar-refractivity contribution is -0.160. The van der Waals surface area contributed by atoms with Crippen molar-refractivity contribution >= 4 is 17.9 Å². The lowest BCUT2D eigenvalue weighted by Crippen LogP contribution is -2.54. The summed E-state index contributed by atoms with van der Waals surface area (Å²) in [7, 11) is 0. The van der Waals surface area contributed by atoms with Crippen LogP contribution in [0, 0.1) is 28.6 Å². The third-order valence-corrected chi connectivity index (χ3v) is 8.40. The van der Waals surface area contributed by atoms with Gasteiger partial charge in [0.25, 0.3) is 0 Å². The summed E-state index contributed by atoms with van der Waals surface area (Å²) in [6.45, 7) is 5.19. The molecular formula is C25H36O6. The van der Waals surface area contributed by atoms with Gasteiger partial charge in [-0.2, -0.15) is 0 Å². The number of fused-ring (bicyclic) bond motifs is 5. The average Bonchev–Trinajstić information content (AvgIpc) is 2.96. The summed E-state index contributed by atoms with van der Waals surface area (Å²) in [4.78, 5) is 35.2. The first-order valence-corrected chi connectivity index (χ1v) is 11.6. The summed E-state index contributed by atoms with van der Waals surface area (Å²) in [5, 5.41) is 0. The van der Waals surface area contributed by atoms with E-state index in [1.54, 1.807) is 0 Å². The van der Waals surface area contributed by atoms with E-state index in [1.165, 1.54) is 20.8 Å². The first kappa shape index (κ1) is 19.8. The fourth-order valence-electron chi connectivity index (χ4n) is 7.19. The van der Waals surface area contributed by atoms with Gasteiger partial charge in [0.15, 0.2) is 0 Å². The number of carbonyl (C=O) groups is 3. The van der Waals surface area contributed by atoms with E-state index in [2.05, 4.69) is 13.0 Å². The van der Waals surface area contributed by atoms with Gasteiger partial charge in [0.1, 0.15) is 18.8 Å². The molecule has 0 heterocycles. The molecule has 4 aliphatic carbocycles. The van der Waals surface area contributed by atoms with Crippen LogP contribution in [0.1, 0.15) is 81.8 Å². The van der Waals surface area contributed by atoms with Crippen molar-refractivity contribution in [1.29, 1.82) is 0 Å². The molecule has 31 heavy (non-hydrogen) atoms. The zero-order valence-corrected chi connectivity index (χ0v) is 19.1. The molecule has 0 aromatic rings. The van der Waals surface area contributed by atoms with Crippen molar-refractivity contribution in [2.45, 2.75) is 91.2 Å². The van der Waals surface area contributed by atoms with Gasteiger partial charge in [0, 0.05) is 38.0 Å². The molecule has 3 saturated carbocycles. The molecule has 0 amide bonds. The van der Waals surface area contributed by atoms with Gasteiger partial charge >= 0.3 is 17.9 Å². The first-order chi connectivity index (χ1) is 15.4. The second kappa shape index (κ2) is 8.25. The van der Waals surface area contributed by atoms with E-state index in [-0.39, 0.29) is 29.8 Å². The second-order valence-electron chi connectivity index (χ2n) is 10.1. The Hall–Kier alpha value is -1.85. The average molecular weight is 435 g/mol. The molecule has 6 heteroatoms. The summed E-state index contributed by atoms with van der Waals surface area (Å²) >= 11 is 0. The Morgan fingerprint density at radius 3 is 2.45 bits per heavy atom. The minimum Gasteiger partial charge on any atom is -0.465 e. The Balaban J connectivity index is 1.69. The Morgan fingerprint density at radius 1 is 1.03 bits per heavy atom. The Labute approximate surface area is 187 Å². The second-order valence-corrected chi connectivity index (χ2v) is 10.1. The van der Waals surface area contributed by atoms with Crippen LogP contribution in [0.4, 0.5) is 0 Å². The van der Waals surface area contributed by atoms with Crippen LogP contribution < -0.4 is 0 Å². The highest BCUT2D eigenvalue weighted by atomic mass is 16.5. The van der Waals surface area contributed by atoms with Crippen molar-refractivity contribution in [2.24, 2.45) is 28.6 Å². The van der Waals surface area contributed by atoms with Gasteiger partial charge in [-0.1, -0.05) is 18.6 Å². The van der Waals surface area contributed by atoms with Crippen LogP contribution in [0.25, 0.3) is 0 Å². The van der Waals surface area contributed by atoms with Crippen LogP contribution >= 0.6 is 0 Å². The van der Waals surface area contributed by atoms with E-state index in [1.807, 2.05) is 0 Å². The zero-order valence-electron chi connectivity index (χ0n) is 21.1. The predicted molar refractivity (Wildman–Crippen MR) is 114 cm³/mol. The molecule has 0 bridgehead atoms. The lowest BCUT2D eigenvalue weighted by atomic mass is 9.47. The molecular weight excluding hydrogens is 396 g/mol. The summed E-state index contributed by atoms with van der Waals surface area (Å²) in [5.41, 5.74) is 0.0166. The van der Waals surface area contributed by atoms with Crippen LogP contribution in [-0.4, -0.2) is 36.7 Å². The van der Waals surface area contributed by atoms with Crippen LogP contribution in [-0.2, 0) is 28.6 Å². The molecule has 4 aliphatic rings. The molecule has 0 N–H and O–H groups in total. The maximum atomic E-state index is 11.9. The maximum absolute atomic E-state index is 11.9. The molecule has 172 valence electrons. The largest absolute Gasteiger partial charge is 0.465 e. The number of allylic oxidation sites excluding steroid dienone is 1. The van der Waals surface area contributed by atoms with Crippen LogP contribution in [0.3, 0.4) is 0 Å². The molecule has 0 unspecified atom stereocenters. The summed E-state index contributed by atoms with van der Waals surface area (Å²) in [6.07, 6.45) is 6.22. The molecule has 0 aliphatic heterocycles. The van der Waals surface area contributed by atoms with E-state index in [4.69, 9.17) is 17.0 Å². The third-order valence-electron chi connectivity index (χ3n) is 8.40. The number of ether oxygens (including phenoxy) is 3. The standard InChI is InChI=1S/C25H36O6/c1-15(26)29-14-25-12-9-19(30-16(2)27)13-18(25)5-6-20-21-7-8-23(31-17(3)28)24(21,4)11-10-22(20)25/h5,19-23H,6-14H2,1-4H3/t19-,20-,21-,22-,23-,24-,25+/m0/s1/i14D,23D/t14-,19+,20+,21+,22+,23+,24+,25-/m1. The van der Waals surface area contributed by atoms with Crippen LogP contribution in [0.5, 0.6) is 0 Å². The van der Waals surface area contributed by atoms with Gasteiger partial charge in [-0.3, -0.25) is 14.4 Å². The molecule has 0 saturated heterocycles. The highest BCUT2D eigenvalue weighted by molar-refractivity contribution is 5.67. The maximum Gasteiger partial charge on any atom is 0.302 e. The van der Waals surface area contributed by atoms with Gasteiger partial charge in [-0.15, -0.1) is 0 Å². The van der Waals surface area contributed by atoms with Gasteiger partial charge < -0.3 is 14.2 Å². The quantitative estimate of drug-likeness (QED) is 0.372. The highest BCUT2D eigenvalue weighted by Crippen LogP contribution is 2.65. The summed E-state index contributed by atoms with van der Waals surface area (Å²) in [5.74, 6) is -0.630. The van der Waals surface area contributed by atoms with Crippen molar-refractivity contribution in [3.05, 3.63) is 11.6 Å². The molecule has 0 spiro atoms. The molecule has 6 nitrogen and oxygen atoms in total. The van der Waals surface area contributed by atoms with Gasteiger partial charge in [0.2, 0.25) is 0 Å². The van der Waals surface area contributed by atoms with Crippen molar-refractivity contribution in [2.75, 3.05) is 6.58 Å². The lowest BCUT2D eigenvalue weighted by Gasteiger charge is -2.58. The normalized spacial score (nSPS) is 45.5. The van der Waals surface area contributed by atoms with E-state index in [9.17, 15) is 14.4 Å². The Bertz CT molecular complexity index is 873. The van der Waals surface area contributed by atoms with Gasteiger partial charge in [-0.25, -0.2) is 0 Å². The minimum atomic E-state index is -1.23. The zero-order chi connectivity index (χ0) is 24.2. The molecule has 0 aromatic heterocycles.